The fourth-order valence-electron chi connectivity index (χ4n) is 1.77. The molecule has 0 amide bonds. The highest BCUT2D eigenvalue weighted by Gasteiger charge is 2.18. The lowest BCUT2D eigenvalue weighted by Gasteiger charge is -2.11. The molecule has 0 saturated heterocycles. The van der Waals surface area contributed by atoms with E-state index in [4.69, 9.17) is 11.6 Å². The Labute approximate surface area is 127 Å². The van der Waals surface area contributed by atoms with E-state index in [1.54, 1.807) is 13.0 Å². The van der Waals surface area contributed by atoms with Gasteiger partial charge in [0.25, 0.3) is 11.2 Å². The van der Waals surface area contributed by atoms with Crippen molar-refractivity contribution in [3.63, 3.8) is 0 Å². The van der Waals surface area contributed by atoms with Crippen molar-refractivity contribution in [1.29, 1.82) is 0 Å². The van der Waals surface area contributed by atoms with Gasteiger partial charge in [0, 0.05) is 12.3 Å². The molecule has 0 fully saturated rings. The fraction of sp³-hybridized carbons (Fsp3) is 0.167. The van der Waals surface area contributed by atoms with E-state index in [-0.39, 0.29) is 32.9 Å². The van der Waals surface area contributed by atoms with Crippen LogP contribution in [0.25, 0.3) is 0 Å². The molecule has 1 heterocycles. The van der Waals surface area contributed by atoms with E-state index in [2.05, 4.69) is 20.9 Å². The van der Waals surface area contributed by atoms with E-state index in [1.165, 1.54) is 22.9 Å². The maximum absolute atomic E-state index is 12.0. The van der Waals surface area contributed by atoms with Gasteiger partial charge in [-0.1, -0.05) is 17.7 Å². The Bertz CT molecular complexity index is 745. The van der Waals surface area contributed by atoms with Crippen LogP contribution < -0.4 is 5.56 Å². The summed E-state index contributed by atoms with van der Waals surface area (Å²) in [6.07, 6.45) is 1.40. The molecule has 0 aliphatic carbocycles. The number of hydrogen-bond acceptors (Lipinski definition) is 4. The molecule has 0 atom stereocenters. The van der Waals surface area contributed by atoms with Gasteiger partial charge in [-0.05, 0) is 28.9 Å². The number of nitro benzene ring substituents is 1. The molecule has 0 saturated carbocycles. The van der Waals surface area contributed by atoms with Gasteiger partial charge in [0.2, 0.25) is 0 Å². The Morgan fingerprint density at radius 1 is 1.50 bits per heavy atom. The van der Waals surface area contributed by atoms with Crippen LogP contribution in [0.1, 0.15) is 11.4 Å². The van der Waals surface area contributed by atoms with Gasteiger partial charge >= 0.3 is 0 Å². The van der Waals surface area contributed by atoms with Gasteiger partial charge in [-0.2, -0.15) is 0 Å². The number of benzene rings is 1. The summed E-state index contributed by atoms with van der Waals surface area (Å²) in [5.41, 5.74) is -0.153. The molecule has 2 aromatic rings. The summed E-state index contributed by atoms with van der Waals surface area (Å²) in [5, 5.41) is 11.3. The predicted molar refractivity (Wildman–Crippen MR) is 78.1 cm³/mol. The van der Waals surface area contributed by atoms with E-state index in [1.807, 2.05) is 0 Å². The summed E-state index contributed by atoms with van der Waals surface area (Å²) >= 11 is 9.11. The Morgan fingerprint density at radius 2 is 2.20 bits per heavy atom. The second kappa shape index (κ2) is 5.72. The molecular weight excluding hydrogens is 350 g/mol. The highest BCUT2D eigenvalue weighted by atomic mass is 79.9. The molecule has 6 nitrogen and oxygen atoms in total. The Balaban J connectivity index is 2.59. The topological polar surface area (TPSA) is 78.0 Å². The van der Waals surface area contributed by atoms with E-state index < -0.39 is 4.92 Å². The standard InChI is InChI=1S/C12H9BrClN3O3/c1-7-15-5-9(13)12(18)16(7)6-8-10(14)3-2-4-11(8)17(19)20/h2-5H,6H2,1H3. The Hall–Kier alpha value is -1.73. The first-order chi connectivity index (χ1) is 9.41. The summed E-state index contributed by atoms with van der Waals surface area (Å²) in [5.74, 6) is 0.451. The highest BCUT2D eigenvalue weighted by Crippen LogP contribution is 2.27. The van der Waals surface area contributed by atoms with Crippen molar-refractivity contribution in [3.05, 3.63) is 65.7 Å². The van der Waals surface area contributed by atoms with Crippen LogP contribution in [0, 0.1) is 17.0 Å². The lowest BCUT2D eigenvalue weighted by molar-refractivity contribution is -0.385. The van der Waals surface area contributed by atoms with Crippen LogP contribution >= 0.6 is 27.5 Å². The van der Waals surface area contributed by atoms with Crippen LogP contribution in [0.3, 0.4) is 0 Å². The number of rotatable bonds is 3. The second-order valence-electron chi connectivity index (χ2n) is 4.04. The molecule has 1 aromatic carbocycles. The molecule has 20 heavy (non-hydrogen) atoms. The number of nitrogens with zero attached hydrogens (tertiary/aromatic N) is 3. The zero-order valence-electron chi connectivity index (χ0n) is 10.3. The maximum Gasteiger partial charge on any atom is 0.275 e. The molecule has 0 aliphatic heterocycles. The summed E-state index contributed by atoms with van der Waals surface area (Å²) in [4.78, 5) is 26.6. The molecule has 0 spiro atoms. The fourth-order valence-corrected chi connectivity index (χ4v) is 2.32. The first-order valence-corrected chi connectivity index (χ1v) is 6.72. The summed E-state index contributed by atoms with van der Waals surface area (Å²) in [6, 6.07) is 4.40. The molecule has 104 valence electrons. The van der Waals surface area contributed by atoms with Crippen molar-refractivity contribution in [1.82, 2.24) is 9.55 Å². The molecule has 0 unspecified atom stereocenters. The monoisotopic (exact) mass is 357 g/mol. The van der Waals surface area contributed by atoms with Crippen molar-refractivity contribution in [2.45, 2.75) is 13.5 Å². The lowest BCUT2D eigenvalue weighted by Crippen LogP contribution is -2.25. The van der Waals surface area contributed by atoms with E-state index in [9.17, 15) is 14.9 Å². The third-order valence-corrected chi connectivity index (χ3v) is 3.71. The second-order valence-corrected chi connectivity index (χ2v) is 5.30. The molecule has 0 bridgehead atoms. The molecular formula is C12H9BrClN3O3. The van der Waals surface area contributed by atoms with Crippen molar-refractivity contribution < 1.29 is 4.92 Å². The lowest BCUT2D eigenvalue weighted by atomic mass is 10.1. The van der Waals surface area contributed by atoms with Crippen molar-refractivity contribution in [2.75, 3.05) is 0 Å². The minimum Gasteiger partial charge on any atom is -0.291 e. The van der Waals surface area contributed by atoms with Crippen LogP contribution in [-0.2, 0) is 6.54 Å². The number of aromatic nitrogens is 2. The van der Waals surface area contributed by atoms with Gasteiger partial charge in [-0.3, -0.25) is 19.5 Å². The average Bonchev–Trinajstić information content (AvgIpc) is 2.40. The zero-order chi connectivity index (χ0) is 14.9. The van der Waals surface area contributed by atoms with E-state index >= 15 is 0 Å². The number of aryl methyl sites for hydroxylation is 1. The smallest absolute Gasteiger partial charge is 0.275 e. The highest BCUT2D eigenvalue weighted by molar-refractivity contribution is 9.10. The molecule has 0 N–H and O–H groups in total. The largest absolute Gasteiger partial charge is 0.291 e. The van der Waals surface area contributed by atoms with Crippen LogP contribution in [0.5, 0.6) is 0 Å². The molecule has 2 rings (SSSR count). The van der Waals surface area contributed by atoms with Crippen LogP contribution in [0.4, 0.5) is 5.69 Å². The molecule has 0 radical (unpaired) electrons. The quantitative estimate of drug-likeness (QED) is 0.624. The van der Waals surface area contributed by atoms with Gasteiger partial charge < -0.3 is 0 Å². The van der Waals surface area contributed by atoms with Gasteiger partial charge in [0.05, 0.1) is 22.1 Å². The molecule has 0 aliphatic rings. The van der Waals surface area contributed by atoms with Crippen LogP contribution in [-0.4, -0.2) is 14.5 Å². The van der Waals surface area contributed by atoms with E-state index in [0.717, 1.165) is 0 Å². The van der Waals surface area contributed by atoms with Crippen molar-refractivity contribution in [3.8, 4) is 0 Å². The van der Waals surface area contributed by atoms with Gasteiger partial charge in [-0.15, -0.1) is 0 Å². The average molecular weight is 359 g/mol. The van der Waals surface area contributed by atoms with Gasteiger partial charge in [0.1, 0.15) is 10.3 Å². The van der Waals surface area contributed by atoms with Gasteiger partial charge in [0.15, 0.2) is 0 Å². The van der Waals surface area contributed by atoms with Crippen LogP contribution in [0.2, 0.25) is 5.02 Å². The third kappa shape index (κ3) is 2.73. The molecule has 8 heteroatoms. The first kappa shape index (κ1) is 14.7. The minimum absolute atomic E-state index is 0.00685. The van der Waals surface area contributed by atoms with Crippen molar-refractivity contribution in [2.24, 2.45) is 0 Å². The number of halogens is 2. The van der Waals surface area contributed by atoms with E-state index in [0.29, 0.717) is 5.82 Å². The summed E-state index contributed by atoms with van der Waals surface area (Å²) < 4.78 is 1.62. The predicted octanol–water partition coefficient (Wildman–Crippen LogP) is 2.92. The van der Waals surface area contributed by atoms with Gasteiger partial charge in [-0.25, -0.2) is 4.98 Å². The first-order valence-electron chi connectivity index (χ1n) is 5.55. The zero-order valence-corrected chi connectivity index (χ0v) is 12.7. The SMILES string of the molecule is Cc1ncc(Br)c(=O)n1Cc1c(Cl)cccc1[N+](=O)[O-]. The summed E-state index contributed by atoms with van der Waals surface area (Å²) in [6.45, 7) is 1.64. The third-order valence-electron chi connectivity index (χ3n) is 2.81. The van der Waals surface area contributed by atoms with Crippen LogP contribution in [0.15, 0.2) is 33.7 Å². The maximum atomic E-state index is 12.0. The Morgan fingerprint density at radius 3 is 2.85 bits per heavy atom. The number of nitro groups is 1. The Kier molecular flexibility index (Phi) is 4.20. The minimum atomic E-state index is -0.521. The summed E-state index contributed by atoms with van der Waals surface area (Å²) in [7, 11) is 0. The van der Waals surface area contributed by atoms with Crippen molar-refractivity contribution >= 4 is 33.2 Å². The number of hydrogen-bond donors (Lipinski definition) is 0. The molecule has 1 aromatic heterocycles. The normalized spacial score (nSPS) is 10.6.